The first-order chi connectivity index (χ1) is 13.2. The molecule has 0 radical (unpaired) electrons. The molecule has 0 amide bonds. The number of nitrogens with one attached hydrogen (secondary N) is 2. The molecule has 0 aromatic heterocycles. The van der Waals surface area contributed by atoms with E-state index in [1.165, 1.54) is 11.1 Å². The molecule has 5 nitrogen and oxygen atoms in total. The van der Waals surface area contributed by atoms with Gasteiger partial charge in [-0.3, -0.25) is 4.99 Å². The van der Waals surface area contributed by atoms with Crippen LogP contribution >= 0.6 is 0 Å². The van der Waals surface area contributed by atoms with E-state index in [0.29, 0.717) is 6.61 Å². The zero-order valence-corrected chi connectivity index (χ0v) is 16.0. The minimum Gasteiger partial charge on any atom is -0.497 e. The Balaban J connectivity index is 1.68. The van der Waals surface area contributed by atoms with E-state index in [1.54, 1.807) is 14.2 Å². The van der Waals surface area contributed by atoms with E-state index in [2.05, 4.69) is 33.7 Å². The Morgan fingerprint density at radius 2 is 1.44 bits per heavy atom. The summed E-state index contributed by atoms with van der Waals surface area (Å²) in [4.78, 5) is 4.26. The van der Waals surface area contributed by atoms with Gasteiger partial charge in [0.1, 0.15) is 18.1 Å². The summed E-state index contributed by atoms with van der Waals surface area (Å²) >= 11 is 0. The minimum absolute atomic E-state index is 0.291. The zero-order valence-electron chi connectivity index (χ0n) is 16.0. The molecule has 27 heavy (non-hydrogen) atoms. The molecule has 0 bridgehead atoms. The average Bonchev–Trinajstić information content (AvgIpc) is 2.72. The van der Waals surface area contributed by atoms with Gasteiger partial charge in [0.15, 0.2) is 5.96 Å². The molecule has 0 saturated heterocycles. The maximum atomic E-state index is 5.38. The van der Waals surface area contributed by atoms with Gasteiger partial charge in [-0.1, -0.05) is 30.2 Å². The molecule has 0 saturated carbocycles. The summed E-state index contributed by atoms with van der Waals surface area (Å²) in [5, 5.41) is 6.67. The number of guanidine groups is 1. The van der Waals surface area contributed by atoms with E-state index >= 15 is 0 Å². The highest BCUT2D eigenvalue weighted by atomic mass is 16.5. The second-order valence-electron chi connectivity index (χ2n) is 5.91. The number of nitrogens with zero attached hydrogens (tertiary/aromatic N) is 1. The Kier molecular flexibility index (Phi) is 8.58. The highest BCUT2D eigenvalue weighted by Crippen LogP contribution is 2.12. The van der Waals surface area contributed by atoms with Crippen molar-refractivity contribution in [3.05, 3.63) is 59.7 Å². The molecule has 0 unspecified atom stereocenters. The normalized spacial score (nSPS) is 10.8. The van der Waals surface area contributed by atoms with E-state index in [-0.39, 0.29) is 0 Å². The van der Waals surface area contributed by atoms with Gasteiger partial charge in [-0.15, -0.1) is 6.42 Å². The molecule has 5 heteroatoms. The predicted molar refractivity (Wildman–Crippen MR) is 111 cm³/mol. The van der Waals surface area contributed by atoms with Crippen molar-refractivity contribution >= 4 is 5.96 Å². The van der Waals surface area contributed by atoms with Crippen molar-refractivity contribution in [2.45, 2.75) is 12.8 Å². The fourth-order valence-corrected chi connectivity index (χ4v) is 2.54. The number of methoxy groups -OCH3 is 1. The maximum absolute atomic E-state index is 5.38. The average molecular weight is 365 g/mol. The van der Waals surface area contributed by atoms with Crippen LogP contribution in [0, 0.1) is 12.3 Å². The Bertz CT molecular complexity index is 747. The fourth-order valence-electron chi connectivity index (χ4n) is 2.54. The number of terminal acetylenes is 1. The number of benzene rings is 2. The third-order valence-corrected chi connectivity index (χ3v) is 4.04. The number of aliphatic imine (C=N–C) groups is 1. The van der Waals surface area contributed by atoms with Gasteiger partial charge in [0.05, 0.1) is 7.11 Å². The predicted octanol–water partition coefficient (Wildman–Crippen LogP) is 2.66. The summed E-state index contributed by atoms with van der Waals surface area (Å²) in [5.74, 6) is 4.93. The van der Waals surface area contributed by atoms with Crippen molar-refractivity contribution in [1.29, 1.82) is 0 Å². The smallest absolute Gasteiger partial charge is 0.190 e. The summed E-state index contributed by atoms with van der Waals surface area (Å²) in [5.41, 5.74) is 2.48. The molecule has 2 N–H and O–H groups in total. The van der Waals surface area contributed by atoms with Gasteiger partial charge in [-0.05, 0) is 48.2 Å². The van der Waals surface area contributed by atoms with Crippen molar-refractivity contribution in [2.75, 3.05) is 33.9 Å². The monoisotopic (exact) mass is 365 g/mol. The van der Waals surface area contributed by atoms with Gasteiger partial charge >= 0.3 is 0 Å². The second kappa shape index (κ2) is 11.5. The van der Waals surface area contributed by atoms with Crippen LogP contribution in [0.5, 0.6) is 11.5 Å². The molecular formula is C22H27N3O2. The Labute approximate surface area is 161 Å². The van der Waals surface area contributed by atoms with Crippen LogP contribution in [-0.2, 0) is 12.8 Å². The lowest BCUT2D eigenvalue weighted by atomic mass is 10.1. The summed E-state index contributed by atoms with van der Waals surface area (Å²) in [6.45, 7) is 1.90. The number of hydrogen-bond acceptors (Lipinski definition) is 3. The van der Waals surface area contributed by atoms with Gasteiger partial charge in [-0.2, -0.15) is 0 Å². The van der Waals surface area contributed by atoms with Crippen molar-refractivity contribution in [3.63, 3.8) is 0 Å². The van der Waals surface area contributed by atoms with Gasteiger partial charge in [0, 0.05) is 20.1 Å². The lowest BCUT2D eigenvalue weighted by Crippen LogP contribution is -2.39. The van der Waals surface area contributed by atoms with Crippen LogP contribution in [0.25, 0.3) is 0 Å². The molecule has 2 aromatic carbocycles. The van der Waals surface area contributed by atoms with Crippen LogP contribution in [0.3, 0.4) is 0 Å². The molecule has 2 rings (SSSR count). The molecule has 142 valence electrons. The summed E-state index contributed by atoms with van der Waals surface area (Å²) in [6, 6.07) is 16.1. The largest absolute Gasteiger partial charge is 0.497 e. The van der Waals surface area contributed by atoms with Crippen LogP contribution in [-0.4, -0.2) is 39.8 Å². The Morgan fingerprint density at radius 3 is 1.89 bits per heavy atom. The van der Waals surface area contributed by atoms with E-state index in [4.69, 9.17) is 15.9 Å². The number of ether oxygens (including phenoxy) is 2. The van der Waals surface area contributed by atoms with Gasteiger partial charge in [-0.25, -0.2) is 0 Å². The molecule has 0 aliphatic carbocycles. The topological polar surface area (TPSA) is 54.9 Å². The van der Waals surface area contributed by atoms with Gasteiger partial charge in [0.2, 0.25) is 0 Å². The lowest BCUT2D eigenvalue weighted by molar-refractivity contribution is 0.370. The summed E-state index contributed by atoms with van der Waals surface area (Å²) in [7, 11) is 3.45. The zero-order chi connectivity index (χ0) is 19.3. The lowest BCUT2D eigenvalue weighted by Gasteiger charge is -2.12. The molecule has 0 aliphatic rings. The maximum Gasteiger partial charge on any atom is 0.190 e. The van der Waals surface area contributed by atoms with Crippen molar-refractivity contribution < 1.29 is 9.47 Å². The van der Waals surface area contributed by atoms with Crippen LogP contribution in [0.15, 0.2) is 53.5 Å². The standard InChI is InChI=1S/C22H27N3O2/c1-4-17-27-21-11-7-19(8-12-21)14-16-25-22(23-2)24-15-13-18-5-9-20(26-3)10-6-18/h1,5-12H,13-17H2,2-3H3,(H2,23,24,25). The van der Waals surface area contributed by atoms with Crippen molar-refractivity contribution in [2.24, 2.45) is 4.99 Å². The first-order valence-electron chi connectivity index (χ1n) is 8.98. The highest BCUT2D eigenvalue weighted by molar-refractivity contribution is 5.79. The van der Waals surface area contributed by atoms with Gasteiger partial charge < -0.3 is 20.1 Å². The molecule has 0 fully saturated rings. The second-order valence-corrected chi connectivity index (χ2v) is 5.91. The van der Waals surface area contributed by atoms with E-state index < -0.39 is 0 Å². The van der Waals surface area contributed by atoms with E-state index in [1.807, 2.05) is 36.4 Å². The third kappa shape index (κ3) is 7.33. The Morgan fingerprint density at radius 1 is 0.926 bits per heavy atom. The molecule has 0 spiro atoms. The molecule has 0 heterocycles. The minimum atomic E-state index is 0.291. The van der Waals surface area contributed by atoms with E-state index in [9.17, 15) is 0 Å². The molecule has 0 atom stereocenters. The quantitative estimate of drug-likeness (QED) is 0.408. The first-order valence-corrected chi connectivity index (χ1v) is 8.98. The van der Waals surface area contributed by atoms with Crippen LogP contribution in [0.4, 0.5) is 0 Å². The van der Waals surface area contributed by atoms with E-state index in [0.717, 1.165) is 43.4 Å². The number of hydrogen-bond donors (Lipinski definition) is 2. The van der Waals surface area contributed by atoms with Crippen molar-refractivity contribution in [3.8, 4) is 23.8 Å². The molecule has 0 aliphatic heterocycles. The molecular weight excluding hydrogens is 338 g/mol. The highest BCUT2D eigenvalue weighted by Gasteiger charge is 2.00. The fraction of sp³-hybridized carbons (Fsp3) is 0.318. The van der Waals surface area contributed by atoms with Crippen LogP contribution < -0.4 is 20.1 Å². The van der Waals surface area contributed by atoms with Crippen LogP contribution in [0.2, 0.25) is 0 Å². The van der Waals surface area contributed by atoms with Gasteiger partial charge in [0.25, 0.3) is 0 Å². The SMILES string of the molecule is C#CCOc1ccc(CCNC(=NC)NCCc2ccc(OC)cc2)cc1. The summed E-state index contributed by atoms with van der Waals surface area (Å²) in [6.07, 6.45) is 7.01. The third-order valence-electron chi connectivity index (χ3n) is 4.04. The van der Waals surface area contributed by atoms with Crippen molar-refractivity contribution in [1.82, 2.24) is 10.6 Å². The number of rotatable bonds is 9. The van der Waals surface area contributed by atoms with Crippen LogP contribution in [0.1, 0.15) is 11.1 Å². The Hall–Kier alpha value is -3.13. The summed E-state index contributed by atoms with van der Waals surface area (Å²) < 4.78 is 10.6. The first kappa shape index (κ1) is 20.2. The molecule has 2 aromatic rings.